The Bertz CT molecular complexity index is 1310. The number of thiocarbonyl (C=S) groups is 1. The first-order chi connectivity index (χ1) is 14.9. The van der Waals surface area contributed by atoms with Gasteiger partial charge in [-0.3, -0.25) is 10.1 Å². The van der Waals surface area contributed by atoms with Crippen LogP contribution in [-0.2, 0) is 0 Å². The van der Waals surface area contributed by atoms with Crippen LogP contribution >= 0.6 is 39.7 Å². The maximum Gasteiger partial charge on any atom is 0.258 e. The standard InChI is InChI=1S/C22H15BrClN3O3S/c1-29-15-4-2-3-12(9-15)21-26-18-11-14(6-8-19(18)30-21)25-22(31)27-20(28)16-10-13(23)5-7-17(16)24/h2-11H,1H3,(H2,25,27,28,31). The fourth-order valence-electron chi connectivity index (χ4n) is 2.89. The molecule has 0 aliphatic rings. The van der Waals surface area contributed by atoms with Crippen LogP contribution in [0.15, 0.2) is 69.6 Å². The first kappa shape index (κ1) is 21.3. The van der Waals surface area contributed by atoms with Crippen LogP contribution in [0.5, 0.6) is 5.75 Å². The van der Waals surface area contributed by atoms with Gasteiger partial charge >= 0.3 is 0 Å². The second kappa shape index (κ2) is 9.05. The Kier molecular flexibility index (Phi) is 6.22. The van der Waals surface area contributed by atoms with Crippen LogP contribution < -0.4 is 15.4 Å². The van der Waals surface area contributed by atoms with Gasteiger partial charge in [0.05, 0.1) is 17.7 Å². The lowest BCUT2D eigenvalue weighted by atomic mass is 10.2. The Morgan fingerprint density at radius 3 is 2.81 bits per heavy atom. The van der Waals surface area contributed by atoms with Crippen molar-refractivity contribution in [1.82, 2.24) is 10.3 Å². The largest absolute Gasteiger partial charge is 0.497 e. The van der Waals surface area contributed by atoms with Gasteiger partial charge in [-0.05, 0) is 66.8 Å². The SMILES string of the molecule is COc1cccc(-c2nc3cc(NC(=S)NC(=O)c4cc(Br)ccc4Cl)ccc3o2)c1. The number of halogens is 2. The number of nitrogens with zero attached hydrogens (tertiary/aromatic N) is 1. The van der Waals surface area contributed by atoms with E-state index in [1.165, 1.54) is 0 Å². The molecule has 6 nitrogen and oxygen atoms in total. The third-order valence-corrected chi connectivity index (χ3v) is 5.39. The highest BCUT2D eigenvalue weighted by Crippen LogP contribution is 2.28. The highest BCUT2D eigenvalue weighted by molar-refractivity contribution is 9.10. The maximum atomic E-state index is 12.5. The fraction of sp³-hybridized carbons (Fsp3) is 0.0455. The third kappa shape index (κ3) is 4.87. The van der Waals surface area contributed by atoms with E-state index in [4.69, 9.17) is 33.0 Å². The van der Waals surface area contributed by atoms with Gasteiger partial charge in [-0.15, -0.1) is 0 Å². The Labute approximate surface area is 196 Å². The molecule has 0 unspecified atom stereocenters. The van der Waals surface area contributed by atoms with Crippen molar-refractivity contribution in [3.05, 3.63) is 75.7 Å². The number of benzene rings is 3. The summed E-state index contributed by atoms with van der Waals surface area (Å²) in [5.74, 6) is 0.784. The smallest absolute Gasteiger partial charge is 0.258 e. The number of oxazole rings is 1. The predicted molar refractivity (Wildman–Crippen MR) is 129 cm³/mol. The number of methoxy groups -OCH3 is 1. The molecule has 4 rings (SSSR count). The van der Waals surface area contributed by atoms with Crippen LogP contribution in [0.4, 0.5) is 5.69 Å². The first-order valence-electron chi connectivity index (χ1n) is 9.05. The number of fused-ring (bicyclic) bond motifs is 1. The molecule has 0 spiro atoms. The van der Waals surface area contributed by atoms with Crippen LogP contribution in [0.25, 0.3) is 22.6 Å². The summed E-state index contributed by atoms with van der Waals surface area (Å²) < 4.78 is 11.8. The average Bonchev–Trinajstić information content (AvgIpc) is 3.18. The number of amides is 1. The summed E-state index contributed by atoms with van der Waals surface area (Å²) in [6, 6.07) is 17.8. The monoisotopic (exact) mass is 515 g/mol. The second-order valence-corrected chi connectivity index (χ2v) is 8.20. The molecule has 0 fully saturated rings. The number of nitrogens with one attached hydrogen (secondary N) is 2. The van der Waals surface area contributed by atoms with Gasteiger partial charge in [0.2, 0.25) is 5.89 Å². The van der Waals surface area contributed by atoms with Crippen LogP contribution in [0.1, 0.15) is 10.4 Å². The van der Waals surface area contributed by atoms with Gasteiger partial charge < -0.3 is 14.5 Å². The van der Waals surface area contributed by atoms with Crippen molar-refractivity contribution in [2.24, 2.45) is 0 Å². The maximum absolute atomic E-state index is 12.5. The van der Waals surface area contributed by atoms with Crippen LogP contribution in [0, 0.1) is 0 Å². The molecule has 3 aromatic carbocycles. The molecular weight excluding hydrogens is 502 g/mol. The van der Waals surface area contributed by atoms with Gasteiger partial charge in [0.25, 0.3) is 5.91 Å². The Morgan fingerprint density at radius 2 is 2.00 bits per heavy atom. The van der Waals surface area contributed by atoms with E-state index in [-0.39, 0.29) is 5.11 Å². The van der Waals surface area contributed by atoms with Crippen molar-refractivity contribution in [2.75, 3.05) is 12.4 Å². The van der Waals surface area contributed by atoms with E-state index >= 15 is 0 Å². The summed E-state index contributed by atoms with van der Waals surface area (Å²) >= 11 is 14.7. The molecule has 1 heterocycles. The lowest BCUT2D eigenvalue weighted by Gasteiger charge is -2.10. The van der Waals surface area contributed by atoms with E-state index in [1.54, 1.807) is 43.5 Å². The third-order valence-electron chi connectivity index (χ3n) is 4.36. The summed E-state index contributed by atoms with van der Waals surface area (Å²) in [6.07, 6.45) is 0. The average molecular weight is 517 g/mol. The van der Waals surface area contributed by atoms with Crippen LogP contribution in [-0.4, -0.2) is 23.1 Å². The molecule has 0 aliphatic heterocycles. The summed E-state index contributed by atoms with van der Waals surface area (Å²) in [5, 5.41) is 6.07. The minimum atomic E-state index is -0.411. The van der Waals surface area contributed by atoms with E-state index in [0.29, 0.717) is 39.0 Å². The van der Waals surface area contributed by atoms with Gasteiger partial charge in [0.1, 0.15) is 11.3 Å². The van der Waals surface area contributed by atoms with Crippen molar-refractivity contribution in [3.8, 4) is 17.2 Å². The van der Waals surface area contributed by atoms with E-state index in [9.17, 15) is 4.79 Å². The van der Waals surface area contributed by atoms with Gasteiger partial charge in [-0.1, -0.05) is 33.6 Å². The van der Waals surface area contributed by atoms with Crippen molar-refractivity contribution >= 4 is 67.6 Å². The lowest BCUT2D eigenvalue weighted by molar-refractivity contribution is 0.0978. The predicted octanol–water partition coefficient (Wildman–Crippen LogP) is 6.05. The van der Waals surface area contributed by atoms with Gasteiger partial charge in [0.15, 0.2) is 10.7 Å². The summed E-state index contributed by atoms with van der Waals surface area (Å²) in [7, 11) is 1.61. The van der Waals surface area contributed by atoms with E-state index in [2.05, 4.69) is 31.5 Å². The number of rotatable bonds is 4. The van der Waals surface area contributed by atoms with Gasteiger partial charge in [0, 0.05) is 15.7 Å². The molecule has 1 amide bonds. The van der Waals surface area contributed by atoms with Crippen molar-refractivity contribution in [1.29, 1.82) is 0 Å². The molecule has 2 N–H and O–H groups in total. The number of hydrogen-bond acceptors (Lipinski definition) is 5. The zero-order valence-electron chi connectivity index (χ0n) is 16.1. The number of hydrogen-bond donors (Lipinski definition) is 2. The Hall–Kier alpha value is -2.94. The lowest BCUT2D eigenvalue weighted by Crippen LogP contribution is -2.34. The quantitative estimate of drug-likeness (QED) is 0.322. The molecular formula is C22H15BrClN3O3S. The first-order valence-corrected chi connectivity index (χ1v) is 10.6. The highest BCUT2D eigenvalue weighted by atomic mass is 79.9. The van der Waals surface area contributed by atoms with E-state index in [0.717, 1.165) is 10.0 Å². The molecule has 156 valence electrons. The molecule has 0 saturated carbocycles. The number of carbonyl (C=O) groups excluding carboxylic acids is 1. The van der Waals surface area contributed by atoms with Crippen molar-refractivity contribution in [3.63, 3.8) is 0 Å². The van der Waals surface area contributed by atoms with E-state index < -0.39 is 5.91 Å². The molecule has 31 heavy (non-hydrogen) atoms. The van der Waals surface area contributed by atoms with Gasteiger partial charge in [-0.25, -0.2) is 4.98 Å². The zero-order valence-corrected chi connectivity index (χ0v) is 19.3. The molecule has 0 atom stereocenters. The van der Waals surface area contributed by atoms with Gasteiger partial charge in [-0.2, -0.15) is 0 Å². The molecule has 0 saturated heterocycles. The van der Waals surface area contributed by atoms with Crippen molar-refractivity contribution < 1.29 is 13.9 Å². The summed E-state index contributed by atoms with van der Waals surface area (Å²) in [4.78, 5) is 17.0. The minimum Gasteiger partial charge on any atom is -0.497 e. The molecule has 9 heteroatoms. The van der Waals surface area contributed by atoms with Crippen LogP contribution in [0.3, 0.4) is 0 Å². The number of carbonyl (C=O) groups is 1. The van der Waals surface area contributed by atoms with E-state index in [1.807, 2.05) is 24.3 Å². The molecule has 0 aliphatic carbocycles. The number of aromatic nitrogens is 1. The minimum absolute atomic E-state index is 0.136. The van der Waals surface area contributed by atoms with Crippen LogP contribution in [0.2, 0.25) is 5.02 Å². The fourth-order valence-corrected chi connectivity index (χ4v) is 3.66. The molecule has 0 radical (unpaired) electrons. The zero-order chi connectivity index (χ0) is 22.0. The molecule has 4 aromatic rings. The molecule has 0 bridgehead atoms. The highest BCUT2D eigenvalue weighted by Gasteiger charge is 2.14. The Balaban J connectivity index is 1.50. The molecule has 1 aromatic heterocycles. The Morgan fingerprint density at radius 1 is 1.16 bits per heavy atom. The summed E-state index contributed by atoms with van der Waals surface area (Å²) in [6.45, 7) is 0. The number of anilines is 1. The summed E-state index contributed by atoms with van der Waals surface area (Å²) in [5.41, 5.74) is 3.05. The normalized spacial score (nSPS) is 10.7. The number of ether oxygens (including phenoxy) is 1. The topological polar surface area (TPSA) is 76.4 Å². The second-order valence-electron chi connectivity index (χ2n) is 6.47. The van der Waals surface area contributed by atoms with Crippen molar-refractivity contribution in [2.45, 2.75) is 0 Å².